The SMILES string of the molecule is CNCC1(CN(C)CC(O)COC)CCCCC1. The number of hydrogen-bond donors (Lipinski definition) is 2. The zero-order valence-electron chi connectivity index (χ0n) is 12.2. The van der Waals surface area contributed by atoms with Crippen molar-refractivity contribution in [3.8, 4) is 0 Å². The molecule has 108 valence electrons. The van der Waals surface area contributed by atoms with Crippen LogP contribution in [0.25, 0.3) is 0 Å². The Morgan fingerprint density at radius 2 is 2.00 bits per heavy atom. The maximum absolute atomic E-state index is 9.78. The van der Waals surface area contributed by atoms with Crippen molar-refractivity contribution in [2.75, 3.05) is 47.4 Å². The highest BCUT2D eigenvalue weighted by molar-refractivity contribution is 4.87. The maximum atomic E-state index is 9.78. The topological polar surface area (TPSA) is 44.7 Å². The van der Waals surface area contributed by atoms with Crippen molar-refractivity contribution in [2.24, 2.45) is 5.41 Å². The molecule has 1 unspecified atom stereocenters. The minimum atomic E-state index is -0.379. The van der Waals surface area contributed by atoms with Gasteiger partial charge in [-0.25, -0.2) is 0 Å². The Morgan fingerprint density at radius 3 is 2.56 bits per heavy atom. The number of likely N-dealkylation sites (N-methyl/N-ethyl adjacent to an activating group) is 1. The van der Waals surface area contributed by atoms with Crippen LogP contribution in [0, 0.1) is 5.41 Å². The van der Waals surface area contributed by atoms with Gasteiger partial charge in [-0.15, -0.1) is 0 Å². The molecule has 1 atom stereocenters. The van der Waals surface area contributed by atoms with Gasteiger partial charge in [-0.3, -0.25) is 0 Å². The highest BCUT2D eigenvalue weighted by Crippen LogP contribution is 2.36. The van der Waals surface area contributed by atoms with Gasteiger partial charge in [0.15, 0.2) is 0 Å². The Kier molecular flexibility index (Phi) is 7.15. The Morgan fingerprint density at radius 1 is 1.33 bits per heavy atom. The smallest absolute Gasteiger partial charge is 0.0899 e. The zero-order chi connectivity index (χ0) is 13.4. The summed E-state index contributed by atoms with van der Waals surface area (Å²) in [6.07, 6.45) is 6.29. The summed E-state index contributed by atoms with van der Waals surface area (Å²) >= 11 is 0. The molecule has 0 saturated heterocycles. The van der Waals surface area contributed by atoms with E-state index in [1.165, 1.54) is 32.1 Å². The summed E-state index contributed by atoms with van der Waals surface area (Å²) < 4.78 is 4.98. The van der Waals surface area contributed by atoms with Crippen LogP contribution < -0.4 is 5.32 Å². The van der Waals surface area contributed by atoms with Crippen LogP contribution in [0.4, 0.5) is 0 Å². The molecule has 0 aromatic heterocycles. The van der Waals surface area contributed by atoms with Gasteiger partial charge in [0.2, 0.25) is 0 Å². The van der Waals surface area contributed by atoms with E-state index in [1.807, 2.05) is 7.05 Å². The second-order valence-electron chi connectivity index (χ2n) is 5.90. The molecule has 0 aromatic rings. The van der Waals surface area contributed by atoms with Crippen LogP contribution in [0.2, 0.25) is 0 Å². The highest BCUT2D eigenvalue weighted by atomic mass is 16.5. The fraction of sp³-hybridized carbons (Fsp3) is 1.00. The largest absolute Gasteiger partial charge is 0.389 e. The van der Waals surface area contributed by atoms with E-state index < -0.39 is 0 Å². The van der Waals surface area contributed by atoms with Crippen LogP contribution in [0.15, 0.2) is 0 Å². The van der Waals surface area contributed by atoms with Gasteiger partial charge >= 0.3 is 0 Å². The number of hydrogen-bond acceptors (Lipinski definition) is 4. The normalized spacial score (nSPS) is 21.2. The average Bonchev–Trinajstić information content (AvgIpc) is 2.30. The molecule has 0 amide bonds. The molecular weight excluding hydrogens is 228 g/mol. The minimum absolute atomic E-state index is 0.379. The Bertz CT molecular complexity index is 212. The molecule has 0 heterocycles. The second kappa shape index (κ2) is 8.10. The van der Waals surface area contributed by atoms with Crippen molar-refractivity contribution in [3.05, 3.63) is 0 Å². The lowest BCUT2D eigenvalue weighted by atomic mass is 9.73. The van der Waals surface area contributed by atoms with E-state index in [2.05, 4.69) is 17.3 Å². The quantitative estimate of drug-likeness (QED) is 0.684. The minimum Gasteiger partial charge on any atom is -0.389 e. The summed E-state index contributed by atoms with van der Waals surface area (Å²) in [5, 5.41) is 13.1. The molecule has 4 nitrogen and oxygen atoms in total. The summed E-state index contributed by atoms with van der Waals surface area (Å²) in [6.45, 7) is 3.26. The fourth-order valence-electron chi connectivity index (χ4n) is 3.31. The van der Waals surface area contributed by atoms with Gasteiger partial charge in [-0.05, 0) is 32.4 Å². The lowest BCUT2D eigenvalue weighted by Crippen LogP contribution is -2.45. The van der Waals surface area contributed by atoms with E-state index in [1.54, 1.807) is 7.11 Å². The van der Waals surface area contributed by atoms with Crippen molar-refractivity contribution in [3.63, 3.8) is 0 Å². The molecule has 0 bridgehead atoms. The molecule has 0 aliphatic heterocycles. The van der Waals surface area contributed by atoms with Crippen LogP contribution in [0.5, 0.6) is 0 Å². The van der Waals surface area contributed by atoms with E-state index in [-0.39, 0.29) is 6.10 Å². The summed E-state index contributed by atoms with van der Waals surface area (Å²) in [7, 11) is 5.77. The average molecular weight is 258 g/mol. The maximum Gasteiger partial charge on any atom is 0.0899 e. The van der Waals surface area contributed by atoms with Crippen LogP contribution in [-0.2, 0) is 4.74 Å². The van der Waals surface area contributed by atoms with Gasteiger partial charge in [0, 0.05) is 26.7 Å². The highest BCUT2D eigenvalue weighted by Gasteiger charge is 2.32. The molecule has 0 aromatic carbocycles. The van der Waals surface area contributed by atoms with Gasteiger partial charge < -0.3 is 20.1 Å². The number of nitrogens with one attached hydrogen (secondary N) is 1. The third-order valence-corrected chi connectivity index (χ3v) is 3.95. The Balaban J connectivity index is 2.44. The molecule has 18 heavy (non-hydrogen) atoms. The van der Waals surface area contributed by atoms with Crippen molar-refractivity contribution >= 4 is 0 Å². The summed E-state index contributed by atoms with van der Waals surface area (Å²) in [5.74, 6) is 0. The molecule has 1 aliphatic carbocycles. The van der Waals surface area contributed by atoms with Gasteiger partial charge in [-0.1, -0.05) is 19.3 Å². The van der Waals surface area contributed by atoms with Gasteiger partial charge in [0.1, 0.15) is 0 Å². The summed E-state index contributed by atoms with van der Waals surface area (Å²) in [6, 6.07) is 0. The first-order valence-corrected chi connectivity index (χ1v) is 7.12. The zero-order valence-corrected chi connectivity index (χ0v) is 12.2. The van der Waals surface area contributed by atoms with E-state index in [0.29, 0.717) is 18.6 Å². The number of aliphatic hydroxyl groups is 1. The van der Waals surface area contributed by atoms with Crippen LogP contribution in [0.1, 0.15) is 32.1 Å². The lowest BCUT2D eigenvalue weighted by molar-refractivity contribution is 0.0280. The predicted molar refractivity (Wildman–Crippen MR) is 74.8 cm³/mol. The van der Waals surface area contributed by atoms with E-state index in [9.17, 15) is 5.11 Å². The van der Waals surface area contributed by atoms with Crippen LogP contribution in [-0.4, -0.2) is 63.6 Å². The molecule has 0 spiro atoms. The number of rotatable bonds is 8. The number of methoxy groups -OCH3 is 1. The molecule has 0 radical (unpaired) electrons. The molecule has 1 fully saturated rings. The van der Waals surface area contributed by atoms with Gasteiger partial charge in [0.05, 0.1) is 12.7 Å². The third kappa shape index (κ3) is 5.22. The van der Waals surface area contributed by atoms with E-state index in [4.69, 9.17) is 4.74 Å². The molecule has 2 N–H and O–H groups in total. The summed E-state index contributed by atoms with van der Waals surface area (Å²) in [4.78, 5) is 2.26. The van der Waals surface area contributed by atoms with Crippen molar-refractivity contribution in [2.45, 2.75) is 38.2 Å². The second-order valence-corrected chi connectivity index (χ2v) is 5.90. The molecule has 4 heteroatoms. The molecular formula is C14H30N2O2. The van der Waals surface area contributed by atoms with E-state index in [0.717, 1.165) is 13.1 Å². The standard InChI is InChI=1S/C14H30N2O2/c1-15-11-14(7-5-4-6-8-14)12-16(2)9-13(17)10-18-3/h13,15,17H,4-12H2,1-3H3. The van der Waals surface area contributed by atoms with Crippen molar-refractivity contribution < 1.29 is 9.84 Å². The molecule has 1 aliphatic rings. The van der Waals surface area contributed by atoms with Crippen LogP contribution >= 0.6 is 0 Å². The van der Waals surface area contributed by atoms with Gasteiger partial charge in [-0.2, -0.15) is 0 Å². The summed E-state index contributed by atoms with van der Waals surface area (Å²) in [5.41, 5.74) is 0.397. The lowest BCUT2D eigenvalue weighted by Gasteiger charge is -2.40. The number of ether oxygens (including phenoxy) is 1. The Hall–Kier alpha value is -0.160. The molecule has 1 saturated carbocycles. The number of aliphatic hydroxyl groups excluding tert-OH is 1. The molecule has 1 rings (SSSR count). The first kappa shape index (κ1) is 15.9. The fourth-order valence-corrected chi connectivity index (χ4v) is 3.31. The van der Waals surface area contributed by atoms with Gasteiger partial charge in [0.25, 0.3) is 0 Å². The Labute approximate surface area is 112 Å². The van der Waals surface area contributed by atoms with E-state index >= 15 is 0 Å². The third-order valence-electron chi connectivity index (χ3n) is 3.95. The van der Waals surface area contributed by atoms with Crippen molar-refractivity contribution in [1.29, 1.82) is 0 Å². The first-order valence-electron chi connectivity index (χ1n) is 7.12. The predicted octanol–water partition coefficient (Wildman–Crippen LogP) is 1.10. The number of nitrogens with zero attached hydrogens (tertiary/aromatic N) is 1. The van der Waals surface area contributed by atoms with Crippen molar-refractivity contribution in [1.82, 2.24) is 10.2 Å². The monoisotopic (exact) mass is 258 g/mol. The van der Waals surface area contributed by atoms with Crippen LogP contribution in [0.3, 0.4) is 0 Å². The first-order chi connectivity index (χ1) is 8.62.